The van der Waals surface area contributed by atoms with Crippen molar-refractivity contribution in [3.63, 3.8) is 0 Å². The number of carbonyl (C=O) groups is 1. The highest BCUT2D eigenvalue weighted by Crippen LogP contribution is 2.36. The van der Waals surface area contributed by atoms with Gasteiger partial charge in [-0.15, -0.1) is 11.3 Å². The van der Waals surface area contributed by atoms with Crippen LogP contribution in [0, 0.1) is 0 Å². The average Bonchev–Trinajstić information content (AvgIpc) is 2.93. The zero-order valence-electron chi connectivity index (χ0n) is 11.2. The predicted octanol–water partition coefficient (Wildman–Crippen LogP) is 4.15. The van der Waals surface area contributed by atoms with Gasteiger partial charge in [0, 0.05) is 17.1 Å². The SMILES string of the molecule is O=C(CNCc1cccs1)Nc1ccc(Cl)c(C(F)(F)F)c1. The molecule has 1 amide bonds. The van der Waals surface area contributed by atoms with Crippen molar-refractivity contribution in [2.45, 2.75) is 12.7 Å². The van der Waals surface area contributed by atoms with Crippen molar-refractivity contribution in [2.75, 3.05) is 11.9 Å². The second-order valence-corrected chi connectivity index (χ2v) is 5.86. The molecule has 2 rings (SSSR count). The van der Waals surface area contributed by atoms with Gasteiger partial charge in [0.1, 0.15) is 0 Å². The molecule has 1 aromatic carbocycles. The Labute approximate surface area is 134 Å². The minimum atomic E-state index is -4.56. The van der Waals surface area contributed by atoms with Gasteiger partial charge in [-0.25, -0.2) is 0 Å². The lowest BCUT2D eigenvalue weighted by molar-refractivity contribution is -0.137. The molecular formula is C14H12ClF3N2OS. The zero-order valence-corrected chi connectivity index (χ0v) is 12.8. The fourth-order valence-corrected chi connectivity index (χ4v) is 2.64. The van der Waals surface area contributed by atoms with Crippen molar-refractivity contribution < 1.29 is 18.0 Å². The Hall–Kier alpha value is -1.57. The highest BCUT2D eigenvalue weighted by molar-refractivity contribution is 7.09. The van der Waals surface area contributed by atoms with Crippen LogP contribution in [0.2, 0.25) is 5.02 Å². The highest BCUT2D eigenvalue weighted by Gasteiger charge is 2.33. The molecule has 2 N–H and O–H groups in total. The van der Waals surface area contributed by atoms with E-state index >= 15 is 0 Å². The molecular weight excluding hydrogens is 337 g/mol. The second kappa shape index (κ2) is 7.13. The molecule has 3 nitrogen and oxygen atoms in total. The summed E-state index contributed by atoms with van der Waals surface area (Å²) in [7, 11) is 0. The van der Waals surface area contributed by atoms with Crippen molar-refractivity contribution >= 4 is 34.5 Å². The first kappa shape index (κ1) is 16.8. The molecule has 1 heterocycles. The largest absolute Gasteiger partial charge is 0.417 e. The van der Waals surface area contributed by atoms with Gasteiger partial charge in [0.25, 0.3) is 0 Å². The molecule has 0 aliphatic carbocycles. The molecule has 118 valence electrons. The average molecular weight is 349 g/mol. The first-order valence-electron chi connectivity index (χ1n) is 6.26. The molecule has 0 atom stereocenters. The summed E-state index contributed by atoms with van der Waals surface area (Å²) in [5.74, 6) is -0.424. The molecule has 0 saturated carbocycles. The maximum atomic E-state index is 12.7. The molecule has 0 aliphatic heterocycles. The number of thiophene rings is 1. The standard InChI is InChI=1S/C14H12ClF3N2OS/c15-12-4-3-9(6-11(12)14(16,17)18)20-13(21)8-19-7-10-2-1-5-22-10/h1-6,19H,7-8H2,(H,20,21). The minimum absolute atomic E-state index is 0.00186. The van der Waals surface area contributed by atoms with E-state index < -0.39 is 22.7 Å². The fraction of sp³-hybridized carbons (Fsp3) is 0.214. The van der Waals surface area contributed by atoms with E-state index in [1.54, 1.807) is 11.3 Å². The van der Waals surface area contributed by atoms with Crippen molar-refractivity contribution in [3.05, 3.63) is 51.2 Å². The van der Waals surface area contributed by atoms with E-state index in [9.17, 15) is 18.0 Å². The molecule has 0 saturated heterocycles. The van der Waals surface area contributed by atoms with Gasteiger partial charge < -0.3 is 10.6 Å². The number of nitrogens with one attached hydrogen (secondary N) is 2. The van der Waals surface area contributed by atoms with Crippen molar-refractivity contribution in [1.82, 2.24) is 5.32 Å². The van der Waals surface area contributed by atoms with Crippen LogP contribution >= 0.6 is 22.9 Å². The Morgan fingerprint density at radius 2 is 2.05 bits per heavy atom. The Balaban J connectivity index is 1.91. The van der Waals surface area contributed by atoms with Crippen LogP contribution in [0.4, 0.5) is 18.9 Å². The molecule has 2 aromatic rings. The number of hydrogen-bond acceptors (Lipinski definition) is 3. The normalized spacial score (nSPS) is 11.5. The summed E-state index contributed by atoms with van der Waals surface area (Å²) in [5.41, 5.74) is -0.918. The number of amides is 1. The highest BCUT2D eigenvalue weighted by atomic mass is 35.5. The number of alkyl halides is 3. The van der Waals surface area contributed by atoms with Crippen LogP contribution in [0.1, 0.15) is 10.4 Å². The molecule has 8 heteroatoms. The Morgan fingerprint density at radius 1 is 1.27 bits per heavy atom. The molecule has 0 radical (unpaired) electrons. The van der Waals surface area contributed by atoms with Crippen molar-refractivity contribution in [2.24, 2.45) is 0 Å². The van der Waals surface area contributed by atoms with Gasteiger partial charge in [0.05, 0.1) is 17.1 Å². The van der Waals surface area contributed by atoms with Crippen LogP contribution in [0.15, 0.2) is 35.7 Å². The van der Waals surface area contributed by atoms with Crippen LogP contribution in [0.25, 0.3) is 0 Å². The summed E-state index contributed by atoms with van der Waals surface area (Å²) in [4.78, 5) is 12.8. The van der Waals surface area contributed by atoms with Gasteiger partial charge in [-0.05, 0) is 29.6 Å². The van der Waals surface area contributed by atoms with E-state index in [2.05, 4.69) is 10.6 Å². The van der Waals surface area contributed by atoms with Gasteiger partial charge in [0.15, 0.2) is 0 Å². The lowest BCUT2D eigenvalue weighted by Crippen LogP contribution is -2.27. The van der Waals surface area contributed by atoms with Crippen LogP contribution in [0.3, 0.4) is 0 Å². The van der Waals surface area contributed by atoms with Gasteiger partial charge in [-0.3, -0.25) is 4.79 Å². The van der Waals surface area contributed by atoms with E-state index in [4.69, 9.17) is 11.6 Å². The number of benzene rings is 1. The van der Waals surface area contributed by atoms with E-state index in [0.29, 0.717) is 6.54 Å². The predicted molar refractivity (Wildman–Crippen MR) is 81.1 cm³/mol. The number of carbonyl (C=O) groups excluding carboxylic acids is 1. The van der Waals surface area contributed by atoms with Crippen LogP contribution in [-0.4, -0.2) is 12.5 Å². The van der Waals surface area contributed by atoms with E-state index in [1.165, 1.54) is 6.07 Å². The van der Waals surface area contributed by atoms with E-state index in [0.717, 1.165) is 17.0 Å². The van der Waals surface area contributed by atoms with Gasteiger partial charge in [0.2, 0.25) is 5.91 Å². The number of halogens is 4. The van der Waals surface area contributed by atoms with Crippen LogP contribution in [-0.2, 0) is 17.5 Å². The second-order valence-electron chi connectivity index (χ2n) is 4.42. The van der Waals surface area contributed by atoms with Gasteiger partial charge >= 0.3 is 6.18 Å². The summed E-state index contributed by atoms with van der Waals surface area (Å²) >= 11 is 7.07. The topological polar surface area (TPSA) is 41.1 Å². The molecule has 0 fully saturated rings. The monoisotopic (exact) mass is 348 g/mol. The van der Waals surface area contributed by atoms with Crippen LogP contribution in [0.5, 0.6) is 0 Å². The molecule has 0 aliphatic rings. The Kier molecular flexibility index (Phi) is 5.44. The third-order valence-corrected chi connectivity index (χ3v) is 3.93. The first-order valence-corrected chi connectivity index (χ1v) is 7.52. The lowest BCUT2D eigenvalue weighted by Gasteiger charge is -2.12. The summed E-state index contributed by atoms with van der Waals surface area (Å²) in [6.07, 6.45) is -4.56. The third-order valence-electron chi connectivity index (χ3n) is 2.72. The Morgan fingerprint density at radius 3 is 2.68 bits per heavy atom. The number of anilines is 1. The van der Waals surface area contributed by atoms with E-state index in [1.807, 2.05) is 17.5 Å². The number of hydrogen-bond donors (Lipinski definition) is 2. The molecule has 1 aromatic heterocycles. The van der Waals surface area contributed by atoms with Crippen LogP contribution < -0.4 is 10.6 Å². The summed E-state index contributed by atoms with van der Waals surface area (Å²) in [6.45, 7) is 0.529. The molecule has 0 bridgehead atoms. The maximum Gasteiger partial charge on any atom is 0.417 e. The maximum absolute atomic E-state index is 12.7. The van der Waals surface area contributed by atoms with Gasteiger partial charge in [-0.1, -0.05) is 17.7 Å². The number of rotatable bonds is 5. The zero-order chi connectivity index (χ0) is 16.2. The summed E-state index contributed by atoms with van der Waals surface area (Å²) < 4.78 is 38.2. The lowest BCUT2D eigenvalue weighted by atomic mass is 10.2. The Bertz CT molecular complexity index is 644. The molecule has 0 unspecified atom stereocenters. The summed E-state index contributed by atoms with van der Waals surface area (Å²) in [6, 6.07) is 7.08. The van der Waals surface area contributed by atoms with E-state index in [-0.39, 0.29) is 12.2 Å². The smallest absolute Gasteiger partial charge is 0.325 e. The van der Waals surface area contributed by atoms with Crippen molar-refractivity contribution in [3.8, 4) is 0 Å². The minimum Gasteiger partial charge on any atom is -0.325 e. The fourth-order valence-electron chi connectivity index (χ4n) is 1.74. The summed E-state index contributed by atoms with van der Waals surface area (Å²) in [5, 5.41) is 6.84. The third kappa shape index (κ3) is 4.72. The van der Waals surface area contributed by atoms with Crippen molar-refractivity contribution in [1.29, 1.82) is 0 Å². The molecule has 22 heavy (non-hydrogen) atoms. The molecule has 0 spiro atoms. The quantitative estimate of drug-likeness (QED) is 0.852. The first-order chi connectivity index (χ1) is 10.4. The van der Waals surface area contributed by atoms with Gasteiger partial charge in [-0.2, -0.15) is 13.2 Å².